The van der Waals surface area contributed by atoms with Gasteiger partial charge in [0.2, 0.25) is 0 Å². The first-order valence-electron chi connectivity index (χ1n) is 11.8. The third-order valence-corrected chi connectivity index (χ3v) is 8.51. The molecule has 5 aromatic rings. The van der Waals surface area contributed by atoms with E-state index in [1.54, 1.807) is 27.4 Å². The largest absolute Gasteiger partial charge is 0.493 e. The molecule has 7 nitrogen and oxygen atoms in total. The predicted molar refractivity (Wildman–Crippen MR) is 154 cm³/mol. The number of hydrogen-bond acceptors (Lipinski definition) is 6. The summed E-state index contributed by atoms with van der Waals surface area (Å²) in [6.07, 6.45) is 0.655. The van der Waals surface area contributed by atoms with Gasteiger partial charge in [-0.2, -0.15) is 0 Å². The molecule has 2 heterocycles. The maximum atomic E-state index is 13.3. The minimum absolute atomic E-state index is 0.358. The van der Waals surface area contributed by atoms with E-state index < -0.39 is 5.63 Å². The highest BCUT2D eigenvalue weighted by Gasteiger charge is 2.22. The van der Waals surface area contributed by atoms with Crippen molar-refractivity contribution in [1.29, 1.82) is 0 Å². The molecule has 0 N–H and O–H groups in total. The summed E-state index contributed by atoms with van der Waals surface area (Å²) in [6.45, 7) is 0.890. The number of aromatic nitrogens is 1. The molecule has 0 aliphatic rings. The highest BCUT2D eigenvalue weighted by atomic mass is 79.9. The van der Waals surface area contributed by atoms with E-state index in [1.807, 2.05) is 59.2 Å². The van der Waals surface area contributed by atoms with Gasteiger partial charge >= 0.3 is 5.63 Å². The van der Waals surface area contributed by atoms with Crippen LogP contribution in [0, 0.1) is 0 Å². The van der Waals surface area contributed by atoms with Crippen LogP contribution in [0.25, 0.3) is 21.9 Å². The van der Waals surface area contributed by atoms with Crippen molar-refractivity contribution in [3.05, 3.63) is 91.3 Å². The Morgan fingerprint density at radius 2 is 1.53 bits per heavy atom. The molecule has 0 spiro atoms. The summed E-state index contributed by atoms with van der Waals surface area (Å²) in [4.78, 5) is 13.3. The minimum Gasteiger partial charge on any atom is -0.493 e. The third kappa shape index (κ3) is 4.88. The highest BCUT2D eigenvalue weighted by molar-refractivity contribution is 9.13. The number of methoxy groups -OCH3 is 3. The summed E-state index contributed by atoms with van der Waals surface area (Å²) in [6, 6.07) is 19.2. The molecule has 0 unspecified atom stereocenters. The van der Waals surface area contributed by atoms with Crippen LogP contribution in [0.5, 0.6) is 23.0 Å². The smallest absolute Gasteiger partial charge is 0.361 e. The van der Waals surface area contributed by atoms with Crippen LogP contribution >= 0.6 is 31.9 Å². The molecule has 5 rings (SSSR count). The average molecular weight is 643 g/mol. The molecule has 0 aliphatic carbocycles. The summed E-state index contributed by atoms with van der Waals surface area (Å²) in [7, 11) is 4.80. The molecule has 0 atom stereocenters. The molecule has 0 bridgehead atoms. The monoisotopic (exact) mass is 641 g/mol. The van der Waals surface area contributed by atoms with Gasteiger partial charge in [-0.15, -0.1) is 0 Å². The zero-order chi connectivity index (χ0) is 26.8. The number of halogens is 2. The lowest BCUT2D eigenvalue weighted by Crippen LogP contribution is -2.09. The van der Waals surface area contributed by atoms with Crippen LogP contribution in [0.1, 0.15) is 11.1 Å². The Morgan fingerprint density at radius 3 is 2.24 bits per heavy atom. The minimum atomic E-state index is -0.439. The van der Waals surface area contributed by atoms with Crippen LogP contribution in [0.15, 0.2) is 79.0 Å². The Kier molecular flexibility index (Phi) is 7.67. The lowest BCUT2D eigenvalue weighted by Gasteiger charge is -2.13. The summed E-state index contributed by atoms with van der Waals surface area (Å²) in [5.74, 6) is 2.37. The molecular formula is C29H25Br2NO6. The molecule has 0 aliphatic heterocycles. The van der Waals surface area contributed by atoms with Crippen LogP contribution in [-0.2, 0) is 19.6 Å². The normalized spacial score (nSPS) is 11.2. The van der Waals surface area contributed by atoms with E-state index in [0.717, 1.165) is 31.0 Å². The summed E-state index contributed by atoms with van der Waals surface area (Å²) in [5.41, 5.74) is 2.49. The van der Waals surface area contributed by atoms with Gasteiger partial charge in [0.15, 0.2) is 23.0 Å². The van der Waals surface area contributed by atoms with Crippen molar-refractivity contribution in [1.82, 2.24) is 4.57 Å². The van der Waals surface area contributed by atoms with Crippen molar-refractivity contribution in [2.75, 3.05) is 21.3 Å². The number of nitrogens with zero attached hydrogens (tertiary/aromatic N) is 1. The number of hydrogen-bond donors (Lipinski definition) is 0. The zero-order valence-electron chi connectivity index (χ0n) is 21.0. The Balaban J connectivity index is 1.54. The van der Waals surface area contributed by atoms with Gasteiger partial charge in [-0.3, -0.25) is 0 Å². The topological polar surface area (TPSA) is 72.1 Å². The van der Waals surface area contributed by atoms with Crippen molar-refractivity contribution in [2.45, 2.75) is 19.6 Å². The van der Waals surface area contributed by atoms with Crippen molar-refractivity contribution < 1.29 is 23.4 Å². The summed E-state index contributed by atoms with van der Waals surface area (Å²) >= 11 is 7.37. The molecule has 0 radical (unpaired) electrons. The highest BCUT2D eigenvalue weighted by Crippen LogP contribution is 2.41. The van der Waals surface area contributed by atoms with E-state index in [4.69, 9.17) is 23.4 Å². The van der Waals surface area contributed by atoms with E-state index in [-0.39, 0.29) is 0 Å². The standard InChI is InChI=1S/C29H25Br2NO6/c1-34-20-10-9-17(13-22(20)35-2)11-12-32-27-25(26(30)28(32)31)19-14-23(36-3)24(15-21(19)38-29(27)33)37-16-18-7-5-4-6-8-18/h4-10,13-15H,11-12,16H2,1-3H3. The Bertz CT molecular complexity index is 1680. The van der Waals surface area contributed by atoms with Crippen molar-refractivity contribution >= 4 is 53.7 Å². The quantitative estimate of drug-likeness (QED) is 0.159. The van der Waals surface area contributed by atoms with E-state index >= 15 is 0 Å². The summed E-state index contributed by atoms with van der Waals surface area (Å²) < 4.78 is 31.7. The predicted octanol–water partition coefficient (Wildman–Crippen LogP) is 7.12. The van der Waals surface area contributed by atoms with Gasteiger partial charge in [0, 0.05) is 23.4 Å². The van der Waals surface area contributed by atoms with Crippen molar-refractivity contribution in [2.24, 2.45) is 0 Å². The first-order valence-corrected chi connectivity index (χ1v) is 13.4. The fourth-order valence-corrected chi connectivity index (χ4v) is 5.65. The number of fused-ring (bicyclic) bond motifs is 3. The van der Waals surface area contributed by atoms with Crippen LogP contribution in [-0.4, -0.2) is 25.9 Å². The van der Waals surface area contributed by atoms with Gasteiger partial charge < -0.3 is 27.9 Å². The van der Waals surface area contributed by atoms with Gasteiger partial charge in [-0.25, -0.2) is 4.79 Å². The number of rotatable bonds is 9. The second kappa shape index (κ2) is 11.1. The molecule has 3 aromatic carbocycles. The molecule has 0 amide bonds. The number of benzene rings is 3. The van der Waals surface area contributed by atoms with E-state index in [1.165, 1.54) is 0 Å². The second-order valence-corrected chi connectivity index (χ2v) is 10.1. The van der Waals surface area contributed by atoms with Gasteiger partial charge in [0.05, 0.1) is 25.8 Å². The first kappa shape index (κ1) is 26.2. The Labute approximate surface area is 236 Å². The lowest BCUT2D eigenvalue weighted by atomic mass is 10.1. The van der Waals surface area contributed by atoms with Gasteiger partial charge in [0.25, 0.3) is 0 Å². The molecular weight excluding hydrogens is 618 g/mol. The van der Waals surface area contributed by atoms with E-state index in [2.05, 4.69) is 31.9 Å². The second-order valence-electron chi connectivity index (χ2n) is 8.58. The fraction of sp³-hybridized carbons (Fsp3) is 0.207. The molecule has 0 saturated carbocycles. The molecule has 0 saturated heterocycles. The Hall–Kier alpha value is -3.43. The molecule has 9 heteroatoms. The molecule has 196 valence electrons. The third-order valence-electron chi connectivity index (χ3n) is 6.38. The SMILES string of the molecule is COc1ccc(CCn2c(Br)c(Br)c3c4cc(OC)c(OCc5ccccc5)cc4oc(=O)c32)cc1OC. The fourth-order valence-electron chi connectivity index (χ4n) is 4.48. The van der Waals surface area contributed by atoms with Gasteiger partial charge in [0.1, 0.15) is 22.3 Å². The van der Waals surface area contributed by atoms with Crippen LogP contribution in [0.4, 0.5) is 0 Å². The maximum Gasteiger partial charge on any atom is 0.361 e. The maximum absolute atomic E-state index is 13.3. The van der Waals surface area contributed by atoms with Gasteiger partial charge in [-0.1, -0.05) is 36.4 Å². The van der Waals surface area contributed by atoms with Gasteiger partial charge in [-0.05, 0) is 67.6 Å². The molecule has 2 aromatic heterocycles. The average Bonchev–Trinajstić information content (AvgIpc) is 3.20. The van der Waals surface area contributed by atoms with Crippen LogP contribution in [0.2, 0.25) is 0 Å². The number of aryl methyl sites for hydroxylation is 2. The van der Waals surface area contributed by atoms with Crippen molar-refractivity contribution in [3.63, 3.8) is 0 Å². The first-order chi connectivity index (χ1) is 18.4. The molecule has 0 fully saturated rings. The van der Waals surface area contributed by atoms with E-state index in [0.29, 0.717) is 53.7 Å². The Morgan fingerprint density at radius 1 is 0.816 bits per heavy atom. The zero-order valence-corrected chi connectivity index (χ0v) is 24.2. The van der Waals surface area contributed by atoms with Crippen LogP contribution in [0.3, 0.4) is 0 Å². The van der Waals surface area contributed by atoms with Crippen LogP contribution < -0.4 is 24.6 Å². The number of ether oxygens (including phenoxy) is 4. The summed E-state index contributed by atoms with van der Waals surface area (Å²) in [5, 5.41) is 1.48. The van der Waals surface area contributed by atoms with Crippen molar-refractivity contribution in [3.8, 4) is 23.0 Å². The van der Waals surface area contributed by atoms with E-state index in [9.17, 15) is 4.79 Å². The lowest BCUT2D eigenvalue weighted by molar-refractivity contribution is 0.284. The molecule has 38 heavy (non-hydrogen) atoms.